The Kier molecular flexibility index (Phi) is 8.01. The molecule has 3 aliphatic carbocycles. The van der Waals surface area contributed by atoms with Crippen LogP contribution >= 0.6 is 11.6 Å². The van der Waals surface area contributed by atoms with Gasteiger partial charge in [0.05, 0.1) is 12.6 Å². The minimum Gasteiger partial charge on any atom is -0.461 e. The van der Waals surface area contributed by atoms with Gasteiger partial charge in [-0.2, -0.15) is 0 Å². The molecule has 0 amide bonds. The van der Waals surface area contributed by atoms with Crippen LogP contribution in [0.1, 0.15) is 72.3 Å². The molecule has 4 rings (SSSR count). The third-order valence-corrected chi connectivity index (χ3v) is 10.9. The van der Waals surface area contributed by atoms with E-state index in [1.165, 1.54) is 0 Å². The first kappa shape index (κ1) is 28.3. The number of halogens is 1. The molecule has 0 aliphatic heterocycles. The van der Waals surface area contributed by atoms with Gasteiger partial charge in [-0.1, -0.05) is 64.4 Å². The van der Waals surface area contributed by atoms with E-state index in [2.05, 4.69) is 27.4 Å². The number of rotatable bonds is 7. The second-order valence-corrected chi connectivity index (χ2v) is 12.9. The van der Waals surface area contributed by atoms with Gasteiger partial charge in [0.25, 0.3) is 0 Å². The highest BCUT2D eigenvalue weighted by Gasteiger charge is 2.68. The summed E-state index contributed by atoms with van der Waals surface area (Å²) in [7, 11) is 0. The fourth-order valence-corrected chi connectivity index (χ4v) is 8.27. The van der Waals surface area contributed by atoms with Crippen molar-refractivity contribution in [1.82, 2.24) is 4.90 Å². The van der Waals surface area contributed by atoms with Crippen LogP contribution in [0.4, 0.5) is 0 Å². The van der Waals surface area contributed by atoms with Gasteiger partial charge in [0.1, 0.15) is 11.9 Å². The van der Waals surface area contributed by atoms with Gasteiger partial charge < -0.3 is 9.84 Å². The summed E-state index contributed by atoms with van der Waals surface area (Å²) in [5.41, 5.74) is -0.352. The zero-order valence-corrected chi connectivity index (χ0v) is 23.9. The van der Waals surface area contributed by atoms with Crippen molar-refractivity contribution in [3.05, 3.63) is 47.5 Å². The molecule has 8 atom stereocenters. The van der Waals surface area contributed by atoms with E-state index in [9.17, 15) is 14.7 Å². The highest BCUT2D eigenvalue weighted by atomic mass is 35.5. The lowest BCUT2D eigenvalue weighted by molar-refractivity contribution is -0.207. The van der Waals surface area contributed by atoms with E-state index in [1.807, 2.05) is 49.1 Å². The van der Waals surface area contributed by atoms with Gasteiger partial charge in [-0.15, -0.1) is 6.58 Å². The number of ketones is 1. The fourth-order valence-electron chi connectivity index (χ4n) is 8.05. The Morgan fingerprint density at radius 3 is 2.68 bits per heavy atom. The van der Waals surface area contributed by atoms with Crippen molar-refractivity contribution < 1.29 is 19.4 Å². The molecule has 3 fully saturated rings. The summed E-state index contributed by atoms with van der Waals surface area (Å²) >= 11 is 6.16. The molecule has 2 bridgehead atoms. The first-order valence-electron chi connectivity index (χ1n) is 13.9. The molecule has 0 heterocycles. The summed E-state index contributed by atoms with van der Waals surface area (Å²) in [4.78, 5) is 29.1. The molecule has 0 radical (unpaired) electrons. The average molecular weight is 530 g/mol. The molecular formula is C31H44ClNO4. The summed E-state index contributed by atoms with van der Waals surface area (Å²) in [6.07, 6.45) is 4.37. The van der Waals surface area contributed by atoms with Crippen molar-refractivity contribution in [1.29, 1.82) is 0 Å². The quantitative estimate of drug-likeness (QED) is 0.343. The lowest BCUT2D eigenvalue weighted by atomic mass is 9.44. The number of benzene rings is 1. The van der Waals surface area contributed by atoms with Crippen LogP contribution in [0.5, 0.6) is 0 Å². The Morgan fingerprint density at radius 2 is 2.03 bits per heavy atom. The SMILES string of the molecule is C=C[C@]1(C)C[C@@H](OC(=O)CN(CC)Cc2cccc(Cl)c2)[C@]2(C)[C@H](C)CC[C@]3(CCC(=O)[C@H]32)[C@@H](C)[C@@H]1O. The molecule has 6 heteroatoms. The number of carbonyl (C=O) groups is 2. The number of carbonyl (C=O) groups excluding carboxylic acids is 2. The third kappa shape index (κ3) is 4.81. The van der Waals surface area contributed by atoms with Gasteiger partial charge in [0.15, 0.2) is 0 Å². The molecule has 0 unspecified atom stereocenters. The molecule has 0 spiro atoms. The number of aliphatic hydroxyl groups excluding tert-OH is 1. The van der Waals surface area contributed by atoms with Crippen LogP contribution in [0.2, 0.25) is 5.02 Å². The first-order chi connectivity index (χ1) is 17.4. The van der Waals surface area contributed by atoms with E-state index in [1.54, 1.807) is 0 Å². The Balaban J connectivity index is 1.65. The average Bonchev–Trinajstić information content (AvgIpc) is 3.22. The molecule has 0 saturated heterocycles. The van der Waals surface area contributed by atoms with Crippen molar-refractivity contribution in [2.45, 2.75) is 85.5 Å². The van der Waals surface area contributed by atoms with Gasteiger partial charge >= 0.3 is 5.97 Å². The van der Waals surface area contributed by atoms with E-state index < -0.39 is 23.0 Å². The maximum absolute atomic E-state index is 13.5. The lowest BCUT2D eigenvalue weighted by Crippen LogP contribution is -2.63. The zero-order chi connectivity index (χ0) is 27.2. The maximum atomic E-state index is 13.5. The number of esters is 1. The van der Waals surface area contributed by atoms with Crippen molar-refractivity contribution in [3.8, 4) is 0 Å². The van der Waals surface area contributed by atoms with E-state index >= 15 is 0 Å². The molecule has 0 aromatic heterocycles. The monoisotopic (exact) mass is 529 g/mol. The number of aliphatic hydroxyl groups is 1. The van der Waals surface area contributed by atoms with Gasteiger partial charge in [0, 0.05) is 34.7 Å². The van der Waals surface area contributed by atoms with Gasteiger partial charge in [0.2, 0.25) is 0 Å². The zero-order valence-electron chi connectivity index (χ0n) is 23.1. The Hall–Kier alpha value is -1.69. The predicted octanol–water partition coefficient (Wildman–Crippen LogP) is 6.07. The Bertz CT molecular complexity index is 1040. The minimum atomic E-state index is -0.660. The Labute approximate surface area is 227 Å². The summed E-state index contributed by atoms with van der Waals surface area (Å²) in [6.45, 7) is 16.1. The molecule has 1 N–H and O–H groups in total. The number of Topliss-reactive ketones (excluding diaryl/α,β-unsaturated/α-hetero) is 1. The smallest absolute Gasteiger partial charge is 0.320 e. The third-order valence-electron chi connectivity index (χ3n) is 10.7. The highest BCUT2D eigenvalue weighted by molar-refractivity contribution is 6.30. The highest BCUT2D eigenvalue weighted by Crippen LogP contribution is 2.68. The normalized spacial score (nSPS) is 39.6. The summed E-state index contributed by atoms with van der Waals surface area (Å²) in [5, 5.41) is 12.3. The molecule has 3 saturated carbocycles. The van der Waals surface area contributed by atoms with Crippen LogP contribution in [0.15, 0.2) is 36.9 Å². The standard InChI is InChI=1S/C31H44ClNO4/c1-7-29(5)17-25(37-26(35)19-33(8-2)18-22-10-9-11-23(32)16-22)30(6)20(3)12-14-31(21(4)28(29)36)15-13-24(34)27(30)31/h7,9-11,16,20-21,25,27-28,36H,1,8,12-15,17-19H2,2-6H3/t20-,21+,25-,27+,28+,29-,30+,31+/m1/s1. The van der Waals surface area contributed by atoms with Crippen molar-refractivity contribution in [2.24, 2.45) is 34.0 Å². The largest absolute Gasteiger partial charge is 0.461 e. The predicted molar refractivity (Wildman–Crippen MR) is 147 cm³/mol. The molecular weight excluding hydrogens is 486 g/mol. The van der Waals surface area contributed by atoms with Crippen LogP contribution in [0.25, 0.3) is 0 Å². The van der Waals surface area contributed by atoms with Crippen LogP contribution < -0.4 is 0 Å². The molecule has 37 heavy (non-hydrogen) atoms. The minimum absolute atomic E-state index is 0.0382. The van der Waals surface area contributed by atoms with E-state index in [0.717, 1.165) is 24.8 Å². The molecule has 3 aliphatic rings. The molecule has 204 valence electrons. The van der Waals surface area contributed by atoms with Gasteiger partial charge in [-0.05, 0) is 67.2 Å². The van der Waals surface area contributed by atoms with E-state index in [-0.39, 0.29) is 41.5 Å². The number of nitrogens with zero attached hydrogens (tertiary/aromatic N) is 1. The van der Waals surface area contributed by atoms with Gasteiger partial charge in [-0.25, -0.2) is 0 Å². The topological polar surface area (TPSA) is 66.8 Å². The number of ether oxygens (including phenoxy) is 1. The van der Waals surface area contributed by atoms with Crippen LogP contribution in [0.3, 0.4) is 0 Å². The van der Waals surface area contributed by atoms with Crippen molar-refractivity contribution in [2.75, 3.05) is 13.1 Å². The first-order valence-corrected chi connectivity index (χ1v) is 14.3. The number of likely N-dealkylation sites (N-methyl/N-ethyl adjacent to an activating group) is 1. The fraction of sp³-hybridized carbons (Fsp3) is 0.677. The molecule has 1 aromatic carbocycles. The molecule has 1 aromatic rings. The van der Waals surface area contributed by atoms with Crippen LogP contribution in [-0.2, 0) is 20.9 Å². The second kappa shape index (κ2) is 10.5. The van der Waals surface area contributed by atoms with Crippen molar-refractivity contribution in [3.63, 3.8) is 0 Å². The molecule has 5 nitrogen and oxygen atoms in total. The summed E-state index contributed by atoms with van der Waals surface area (Å²) in [6, 6.07) is 7.67. The number of hydrogen-bond donors (Lipinski definition) is 1. The second-order valence-electron chi connectivity index (χ2n) is 12.5. The van der Waals surface area contributed by atoms with E-state index in [0.29, 0.717) is 31.0 Å². The van der Waals surface area contributed by atoms with Crippen LogP contribution in [-0.4, -0.2) is 47.1 Å². The van der Waals surface area contributed by atoms with Crippen molar-refractivity contribution >= 4 is 23.4 Å². The van der Waals surface area contributed by atoms with Crippen LogP contribution in [0, 0.1) is 34.0 Å². The number of hydrogen-bond acceptors (Lipinski definition) is 5. The van der Waals surface area contributed by atoms with Gasteiger partial charge in [-0.3, -0.25) is 14.5 Å². The van der Waals surface area contributed by atoms with E-state index in [4.69, 9.17) is 16.3 Å². The summed E-state index contributed by atoms with van der Waals surface area (Å²) < 4.78 is 6.40. The lowest BCUT2D eigenvalue weighted by Gasteiger charge is -2.61. The summed E-state index contributed by atoms with van der Waals surface area (Å²) in [5.74, 6) is -0.0559. The Morgan fingerprint density at radius 1 is 1.30 bits per heavy atom. The maximum Gasteiger partial charge on any atom is 0.320 e.